The van der Waals surface area contributed by atoms with Gasteiger partial charge in [-0.3, -0.25) is 4.79 Å². The van der Waals surface area contributed by atoms with Crippen LogP contribution in [0.3, 0.4) is 0 Å². The molecule has 0 spiro atoms. The Bertz CT molecular complexity index is 518. The molecule has 1 aliphatic rings. The number of rotatable bonds is 3. The normalized spacial score (nSPS) is 15.9. The van der Waals surface area contributed by atoms with Crippen LogP contribution >= 0.6 is 15.9 Å². The van der Waals surface area contributed by atoms with Crippen molar-refractivity contribution in [2.75, 3.05) is 18.4 Å². The molecule has 1 aromatic carbocycles. The molecule has 1 saturated heterocycles. The Morgan fingerprint density at radius 1 is 1.47 bits per heavy atom. The van der Waals surface area contributed by atoms with Crippen molar-refractivity contribution in [1.82, 2.24) is 4.90 Å². The first-order chi connectivity index (χ1) is 9.11. The minimum absolute atomic E-state index is 0.0985. The summed E-state index contributed by atoms with van der Waals surface area (Å²) < 4.78 is 0.884. The maximum atomic E-state index is 12.2. The largest absolute Gasteiger partial charge is 0.373 e. The molecule has 1 amide bonds. The van der Waals surface area contributed by atoms with Crippen LogP contribution in [-0.4, -0.2) is 29.9 Å². The summed E-state index contributed by atoms with van der Waals surface area (Å²) in [5.74, 6) is 0.0985. The number of nitrogens with zero attached hydrogens (tertiary/aromatic N) is 2. The van der Waals surface area contributed by atoms with Crippen LogP contribution in [0.15, 0.2) is 22.7 Å². The highest BCUT2D eigenvalue weighted by molar-refractivity contribution is 9.10. The second-order valence-corrected chi connectivity index (χ2v) is 5.62. The van der Waals surface area contributed by atoms with Crippen molar-refractivity contribution in [1.29, 1.82) is 5.26 Å². The summed E-state index contributed by atoms with van der Waals surface area (Å²) in [5, 5.41) is 12.2. The fraction of sp³-hybridized carbons (Fsp3) is 0.429. The summed E-state index contributed by atoms with van der Waals surface area (Å²) in [6.07, 6.45) is 2.16. The van der Waals surface area contributed by atoms with E-state index in [0.29, 0.717) is 11.3 Å². The highest BCUT2D eigenvalue weighted by Gasteiger charge is 2.23. The molecule has 1 heterocycles. The summed E-state index contributed by atoms with van der Waals surface area (Å²) in [6, 6.07) is 7.19. The number of benzene rings is 1. The van der Waals surface area contributed by atoms with Crippen LogP contribution in [-0.2, 0) is 4.79 Å². The van der Waals surface area contributed by atoms with E-state index in [-0.39, 0.29) is 11.9 Å². The van der Waals surface area contributed by atoms with E-state index in [2.05, 4.69) is 27.3 Å². The van der Waals surface area contributed by atoms with E-state index in [0.717, 1.165) is 30.4 Å². The molecule has 1 atom stereocenters. The van der Waals surface area contributed by atoms with E-state index in [1.54, 1.807) is 6.07 Å². The summed E-state index contributed by atoms with van der Waals surface area (Å²) in [5.41, 5.74) is 1.24. The predicted octanol–water partition coefficient (Wildman–Crippen LogP) is 2.74. The minimum atomic E-state index is -0.320. The first-order valence-electron chi connectivity index (χ1n) is 6.37. The fourth-order valence-electron chi connectivity index (χ4n) is 2.24. The molecule has 4 nitrogen and oxygen atoms in total. The summed E-state index contributed by atoms with van der Waals surface area (Å²) in [7, 11) is 0. The number of hydrogen-bond donors (Lipinski definition) is 1. The van der Waals surface area contributed by atoms with Crippen LogP contribution in [0.25, 0.3) is 0 Å². The van der Waals surface area contributed by atoms with E-state index in [4.69, 9.17) is 5.26 Å². The second-order valence-electron chi connectivity index (χ2n) is 4.70. The zero-order chi connectivity index (χ0) is 13.8. The van der Waals surface area contributed by atoms with Crippen LogP contribution in [0, 0.1) is 11.3 Å². The van der Waals surface area contributed by atoms with Gasteiger partial charge in [0.25, 0.3) is 0 Å². The van der Waals surface area contributed by atoms with Gasteiger partial charge in [0.2, 0.25) is 5.91 Å². The van der Waals surface area contributed by atoms with Crippen molar-refractivity contribution < 1.29 is 4.79 Å². The Hall–Kier alpha value is -1.54. The van der Waals surface area contributed by atoms with E-state index in [9.17, 15) is 4.79 Å². The molecular weight excluding hydrogens is 306 g/mol. The number of nitriles is 1. The van der Waals surface area contributed by atoms with Gasteiger partial charge in [-0.2, -0.15) is 5.26 Å². The van der Waals surface area contributed by atoms with Gasteiger partial charge in [-0.05, 0) is 38.0 Å². The van der Waals surface area contributed by atoms with Crippen molar-refractivity contribution in [3.8, 4) is 6.07 Å². The Morgan fingerprint density at radius 2 is 2.16 bits per heavy atom. The second kappa shape index (κ2) is 6.07. The molecule has 2 rings (SSSR count). The first kappa shape index (κ1) is 13.9. The van der Waals surface area contributed by atoms with E-state index >= 15 is 0 Å². The van der Waals surface area contributed by atoms with Crippen molar-refractivity contribution in [2.24, 2.45) is 0 Å². The number of carbonyl (C=O) groups is 1. The molecule has 19 heavy (non-hydrogen) atoms. The Morgan fingerprint density at radius 3 is 2.79 bits per heavy atom. The molecule has 1 unspecified atom stereocenters. The van der Waals surface area contributed by atoms with Crippen molar-refractivity contribution in [3.05, 3.63) is 28.2 Å². The number of amides is 1. The Balaban J connectivity index is 2.10. The zero-order valence-corrected chi connectivity index (χ0v) is 12.4. The van der Waals surface area contributed by atoms with Gasteiger partial charge < -0.3 is 10.2 Å². The summed E-state index contributed by atoms with van der Waals surface area (Å²) in [4.78, 5) is 14.1. The fourth-order valence-corrected chi connectivity index (χ4v) is 2.60. The van der Waals surface area contributed by atoms with Gasteiger partial charge in [0.05, 0.1) is 11.3 Å². The van der Waals surface area contributed by atoms with Gasteiger partial charge in [0.1, 0.15) is 12.1 Å². The molecule has 0 aliphatic carbocycles. The number of nitrogens with one attached hydrogen (secondary N) is 1. The standard InChI is InChI=1S/C14H16BrN3O/c1-10(14(19)18-6-2-3-7-18)17-13-8-12(15)5-4-11(13)9-16/h4-5,8,10,17H,2-3,6-7H2,1H3. The summed E-state index contributed by atoms with van der Waals surface area (Å²) in [6.45, 7) is 3.52. The van der Waals surface area contributed by atoms with Gasteiger partial charge in [0, 0.05) is 17.6 Å². The van der Waals surface area contributed by atoms with Crippen LogP contribution in [0.4, 0.5) is 5.69 Å². The third-order valence-corrected chi connectivity index (χ3v) is 3.76. The van der Waals surface area contributed by atoms with Crippen molar-refractivity contribution in [3.63, 3.8) is 0 Å². The Kier molecular flexibility index (Phi) is 4.43. The lowest BCUT2D eigenvalue weighted by molar-refractivity contribution is -0.130. The highest BCUT2D eigenvalue weighted by Crippen LogP contribution is 2.22. The van der Waals surface area contributed by atoms with E-state index in [1.165, 1.54) is 0 Å². The molecule has 100 valence electrons. The molecule has 0 aromatic heterocycles. The molecule has 0 bridgehead atoms. The quantitative estimate of drug-likeness (QED) is 0.931. The van der Waals surface area contributed by atoms with Crippen LogP contribution in [0.5, 0.6) is 0 Å². The zero-order valence-electron chi connectivity index (χ0n) is 10.8. The summed E-state index contributed by atoms with van der Waals surface area (Å²) >= 11 is 3.37. The van der Waals surface area contributed by atoms with Gasteiger partial charge in [-0.25, -0.2) is 0 Å². The molecule has 1 N–H and O–H groups in total. The van der Waals surface area contributed by atoms with Gasteiger partial charge >= 0.3 is 0 Å². The van der Waals surface area contributed by atoms with Crippen molar-refractivity contribution >= 4 is 27.5 Å². The molecule has 1 aliphatic heterocycles. The average Bonchev–Trinajstić information content (AvgIpc) is 2.92. The van der Waals surface area contributed by atoms with Gasteiger partial charge in [0.15, 0.2) is 0 Å². The number of halogens is 1. The third-order valence-electron chi connectivity index (χ3n) is 3.26. The topological polar surface area (TPSA) is 56.1 Å². The predicted molar refractivity (Wildman–Crippen MR) is 77.8 cm³/mol. The molecule has 5 heteroatoms. The lowest BCUT2D eigenvalue weighted by Crippen LogP contribution is -2.39. The molecule has 1 fully saturated rings. The number of hydrogen-bond acceptors (Lipinski definition) is 3. The average molecular weight is 322 g/mol. The maximum absolute atomic E-state index is 12.2. The van der Waals surface area contributed by atoms with Crippen LogP contribution in [0.1, 0.15) is 25.3 Å². The maximum Gasteiger partial charge on any atom is 0.244 e. The van der Waals surface area contributed by atoms with E-state index < -0.39 is 0 Å². The molecular formula is C14H16BrN3O. The lowest BCUT2D eigenvalue weighted by atomic mass is 10.1. The van der Waals surface area contributed by atoms with Crippen LogP contribution in [0.2, 0.25) is 0 Å². The monoisotopic (exact) mass is 321 g/mol. The van der Waals surface area contributed by atoms with Gasteiger partial charge in [-0.1, -0.05) is 15.9 Å². The SMILES string of the molecule is CC(Nc1cc(Br)ccc1C#N)C(=O)N1CCCC1. The first-order valence-corrected chi connectivity index (χ1v) is 7.16. The van der Waals surface area contributed by atoms with E-state index in [1.807, 2.05) is 24.0 Å². The smallest absolute Gasteiger partial charge is 0.244 e. The number of carbonyl (C=O) groups excluding carboxylic acids is 1. The minimum Gasteiger partial charge on any atom is -0.373 e. The molecule has 1 aromatic rings. The van der Waals surface area contributed by atoms with Crippen molar-refractivity contribution in [2.45, 2.75) is 25.8 Å². The van der Waals surface area contributed by atoms with Crippen LogP contribution < -0.4 is 5.32 Å². The molecule has 0 radical (unpaired) electrons. The molecule has 0 saturated carbocycles. The lowest BCUT2D eigenvalue weighted by Gasteiger charge is -2.22. The van der Waals surface area contributed by atoms with Gasteiger partial charge in [-0.15, -0.1) is 0 Å². The number of anilines is 1. The highest BCUT2D eigenvalue weighted by atomic mass is 79.9. The third kappa shape index (κ3) is 3.27. The Labute approximate surface area is 121 Å². The number of likely N-dealkylation sites (tertiary alicyclic amines) is 1.